The van der Waals surface area contributed by atoms with Gasteiger partial charge in [0.1, 0.15) is 0 Å². The number of hydrogen-bond acceptors (Lipinski definition) is 3. The zero-order chi connectivity index (χ0) is 20.4. The minimum Gasteiger partial charge on any atom is -0.402 e. The number of nitrogens with one attached hydrogen (secondary N) is 2. The van der Waals surface area contributed by atoms with E-state index in [1.807, 2.05) is 25.7 Å². The number of amides is 1. The number of nitrogens with two attached hydrogens (primary N) is 1. The number of aryl methyl sites for hydroxylation is 1. The molecule has 5 heteroatoms. The molecule has 0 bridgehead atoms. The van der Waals surface area contributed by atoms with E-state index in [1.54, 1.807) is 0 Å². The maximum atomic E-state index is 13.1. The van der Waals surface area contributed by atoms with Gasteiger partial charge >= 0.3 is 0 Å². The lowest BCUT2D eigenvalue weighted by atomic mass is 9.85. The van der Waals surface area contributed by atoms with Crippen LogP contribution in [0.5, 0.6) is 0 Å². The van der Waals surface area contributed by atoms with E-state index in [2.05, 4.69) is 31.0 Å². The Balaban J connectivity index is 1.94. The molecule has 5 nitrogen and oxygen atoms in total. The zero-order valence-corrected chi connectivity index (χ0v) is 17.5. The molecule has 148 valence electrons. The molecule has 4 rings (SSSR count). The Morgan fingerprint density at radius 2 is 2.04 bits per heavy atom. The maximum absolute atomic E-state index is 13.1. The predicted octanol–water partition coefficient (Wildman–Crippen LogP) is 4.38. The van der Waals surface area contributed by atoms with Gasteiger partial charge in [-0.2, -0.15) is 0 Å². The molecule has 0 spiro atoms. The molecule has 0 fully saturated rings. The summed E-state index contributed by atoms with van der Waals surface area (Å²) < 4.78 is 0. The molecule has 0 radical (unpaired) electrons. The van der Waals surface area contributed by atoms with Crippen molar-refractivity contribution >= 4 is 28.2 Å². The first-order chi connectivity index (χ1) is 13.1. The fourth-order valence-electron chi connectivity index (χ4n) is 4.70. The summed E-state index contributed by atoms with van der Waals surface area (Å²) in [6.45, 7) is 10.9. The monoisotopic (exact) mass is 378 g/mol. The van der Waals surface area contributed by atoms with Gasteiger partial charge in [0.05, 0.1) is 16.8 Å². The third-order valence-corrected chi connectivity index (χ3v) is 6.20. The van der Waals surface area contributed by atoms with E-state index in [4.69, 9.17) is 11.1 Å². The van der Waals surface area contributed by atoms with Gasteiger partial charge in [-0.3, -0.25) is 10.2 Å². The van der Waals surface area contributed by atoms with Crippen molar-refractivity contribution in [3.8, 4) is 0 Å². The molecule has 1 amide bonds. The number of hydrogen-bond donors (Lipinski definition) is 3. The summed E-state index contributed by atoms with van der Waals surface area (Å²) in [7, 11) is 0. The summed E-state index contributed by atoms with van der Waals surface area (Å²) in [5.41, 5.74) is 12.9. The first-order valence-electron chi connectivity index (χ1n) is 10.2. The van der Waals surface area contributed by atoms with Gasteiger partial charge in [0.2, 0.25) is 5.91 Å². The largest absolute Gasteiger partial charge is 0.402 e. The highest BCUT2D eigenvalue weighted by molar-refractivity contribution is 6.15. The molecule has 1 aromatic heterocycles. The molecular formula is C23H30N4O. The SMILES string of the molecule is C/C(N)=C1\CCCc2c([nH]c3cc4c(cc23)N(CC(C)C)C(=O)C4(C)C)C1=N. The smallest absolute Gasteiger partial charge is 0.237 e. The van der Waals surface area contributed by atoms with Gasteiger partial charge in [-0.15, -0.1) is 0 Å². The van der Waals surface area contributed by atoms with Crippen LogP contribution in [0.25, 0.3) is 10.9 Å². The van der Waals surface area contributed by atoms with E-state index in [0.717, 1.165) is 64.9 Å². The molecule has 1 aromatic carbocycles. The lowest BCUT2D eigenvalue weighted by molar-refractivity contribution is -0.122. The Morgan fingerprint density at radius 3 is 2.68 bits per heavy atom. The van der Waals surface area contributed by atoms with E-state index in [0.29, 0.717) is 11.6 Å². The van der Waals surface area contributed by atoms with Crippen molar-refractivity contribution in [1.82, 2.24) is 4.98 Å². The van der Waals surface area contributed by atoms with Gasteiger partial charge in [0.15, 0.2) is 0 Å². The summed E-state index contributed by atoms with van der Waals surface area (Å²) in [5, 5.41) is 9.84. The third-order valence-electron chi connectivity index (χ3n) is 6.20. The molecule has 28 heavy (non-hydrogen) atoms. The lowest BCUT2D eigenvalue weighted by Gasteiger charge is -2.22. The number of carbonyl (C=O) groups is 1. The van der Waals surface area contributed by atoms with Gasteiger partial charge in [-0.05, 0) is 74.8 Å². The van der Waals surface area contributed by atoms with Crippen LogP contribution in [-0.2, 0) is 16.6 Å². The number of nitrogens with zero attached hydrogens (tertiary/aromatic N) is 1. The molecular weight excluding hydrogens is 348 g/mol. The second kappa shape index (κ2) is 6.23. The highest BCUT2D eigenvalue weighted by Gasteiger charge is 2.44. The number of aromatic amines is 1. The van der Waals surface area contributed by atoms with E-state index >= 15 is 0 Å². The summed E-state index contributed by atoms with van der Waals surface area (Å²) >= 11 is 0. The first kappa shape index (κ1) is 18.8. The van der Waals surface area contributed by atoms with Gasteiger partial charge in [-0.1, -0.05) is 13.8 Å². The Kier molecular flexibility index (Phi) is 4.18. The van der Waals surface area contributed by atoms with Crippen LogP contribution in [0.4, 0.5) is 5.69 Å². The Bertz CT molecular complexity index is 1030. The predicted molar refractivity (Wildman–Crippen MR) is 115 cm³/mol. The average molecular weight is 379 g/mol. The van der Waals surface area contributed by atoms with Crippen LogP contribution in [-0.4, -0.2) is 23.1 Å². The van der Waals surface area contributed by atoms with Crippen molar-refractivity contribution in [3.05, 3.63) is 40.2 Å². The van der Waals surface area contributed by atoms with Crippen molar-refractivity contribution in [2.75, 3.05) is 11.4 Å². The van der Waals surface area contributed by atoms with Crippen LogP contribution in [0, 0.1) is 11.3 Å². The fraction of sp³-hybridized carbons (Fsp3) is 0.478. The van der Waals surface area contributed by atoms with Crippen molar-refractivity contribution in [2.45, 2.75) is 59.3 Å². The Labute approximate surface area is 166 Å². The highest BCUT2D eigenvalue weighted by atomic mass is 16.2. The summed E-state index contributed by atoms with van der Waals surface area (Å²) in [6, 6.07) is 4.30. The van der Waals surface area contributed by atoms with Gasteiger partial charge in [0.25, 0.3) is 0 Å². The summed E-state index contributed by atoms with van der Waals surface area (Å²) in [4.78, 5) is 18.5. The van der Waals surface area contributed by atoms with E-state index in [1.165, 1.54) is 5.56 Å². The summed E-state index contributed by atoms with van der Waals surface area (Å²) in [6.07, 6.45) is 2.72. The van der Waals surface area contributed by atoms with Crippen molar-refractivity contribution in [3.63, 3.8) is 0 Å². The second-order valence-electron chi connectivity index (χ2n) is 9.22. The zero-order valence-electron chi connectivity index (χ0n) is 17.5. The van der Waals surface area contributed by atoms with Crippen LogP contribution in [0.3, 0.4) is 0 Å². The first-order valence-corrected chi connectivity index (χ1v) is 10.2. The quantitative estimate of drug-likeness (QED) is 0.677. The molecule has 2 aromatic rings. The topological polar surface area (TPSA) is 86.0 Å². The van der Waals surface area contributed by atoms with Crippen molar-refractivity contribution < 1.29 is 4.79 Å². The minimum atomic E-state index is -0.534. The molecule has 0 saturated heterocycles. The molecule has 0 unspecified atom stereocenters. The van der Waals surface area contributed by atoms with Gasteiger partial charge in [-0.25, -0.2) is 0 Å². The standard InChI is InChI=1S/C23H30N4O/c1-12(2)11-27-19-9-16-15-8-6-7-14(13(3)24)20(25)21(15)26-18(16)10-17(19)23(4,5)22(27)28/h9-10,12,25-26H,6-8,11,24H2,1-5H3/b14-13-,25-20?. The minimum absolute atomic E-state index is 0.173. The van der Waals surface area contributed by atoms with E-state index < -0.39 is 5.41 Å². The molecule has 2 heterocycles. The van der Waals surface area contributed by atoms with Gasteiger partial charge in [0, 0.05) is 28.8 Å². The van der Waals surface area contributed by atoms with Crippen LogP contribution in [0.1, 0.15) is 64.3 Å². The fourth-order valence-corrected chi connectivity index (χ4v) is 4.70. The number of carbonyl (C=O) groups excluding carboxylic acids is 1. The number of allylic oxidation sites excluding steroid dienone is 2. The van der Waals surface area contributed by atoms with Crippen molar-refractivity contribution in [1.29, 1.82) is 5.41 Å². The number of rotatable bonds is 2. The van der Waals surface area contributed by atoms with Gasteiger partial charge < -0.3 is 15.6 Å². The third kappa shape index (κ3) is 2.60. The molecule has 1 aliphatic carbocycles. The average Bonchev–Trinajstić information content (AvgIpc) is 2.98. The van der Waals surface area contributed by atoms with E-state index in [-0.39, 0.29) is 5.91 Å². The second-order valence-corrected chi connectivity index (χ2v) is 9.22. The molecule has 0 saturated carbocycles. The van der Waals surface area contributed by atoms with E-state index in [9.17, 15) is 4.79 Å². The van der Waals surface area contributed by atoms with Crippen LogP contribution in [0.15, 0.2) is 23.4 Å². The number of anilines is 1. The Hall–Kier alpha value is -2.56. The Morgan fingerprint density at radius 1 is 1.32 bits per heavy atom. The summed E-state index contributed by atoms with van der Waals surface area (Å²) in [5.74, 6) is 0.574. The normalized spacial score (nSPS) is 20.6. The molecule has 4 N–H and O–H groups in total. The number of fused-ring (bicyclic) bond motifs is 4. The molecule has 2 aliphatic rings. The molecule has 0 atom stereocenters. The van der Waals surface area contributed by atoms with Crippen LogP contribution in [0.2, 0.25) is 0 Å². The lowest BCUT2D eigenvalue weighted by Crippen LogP contribution is -2.38. The van der Waals surface area contributed by atoms with Crippen LogP contribution >= 0.6 is 0 Å². The number of H-pyrrole nitrogens is 1. The van der Waals surface area contributed by atoms with Crippen molar-refractivity contribution in [2.24, 2.45) is 11.7 Å². The number of aromatic nitrogens is 1. The molecule has 1 aliphatic heterocycles. The van der Waals surface area contributed by atoms with Crippen LogP contribution < -0.4 is 10.6 Å². The number of benzene rings is 1. The maximum Gasteiger partial charge on any atom is 0.237 e. The highest BCUT2D eigenvalue weighted by Crippen LogP contribution is 2.45.